The Hall–Kier alpha value is -2.37. The van der Waals surface area contributed by atoms with Gasteiger partial charge in [-0.2, -0.15) is 5.10 Å². The fourth-order valence-corrected chi connectivity index (χ4v) is 2.36. The molecule has 0 spiro atoms. The van der Waals surface area contributed by atoms with Gasteiger partial charge in [0.25, 0.3) is 0 Å². The zero-order valence-electron chi connectivity index (χ0n) is 11.2. The van der Waals surface area contributed by atoms with E-state index in [2.05, 4.69) is 10.5 Å². The second kappa shape index (κ2) is 5.73. The summed E-state index contributed by atoms with van der Waals surface area (Å²) in [6, 6.07) is 7.23. The Kier molecular flexibility index (Phi) is 4.02. The highest BCUT2D eigenvalue weighted by atomic mass is 16.4. The number of carbonyl (C=O) groups excluding carboxylic acids is 1. The molecule has 1 aliphatic heterocycles. The number of carboxylic acid groups (broad SMARTS) is 1. The Morgan fingerprint density at radius 2 is 2.05 bits per heavy atom. The Morgan fingerprint density at radius 1 is 1.40 bits per heavy atom. The van der Waals surface area contributed by atoms with Crippen molar-refractivity contribution >= 4 is 23.3 Å². The Morgan fingerprint density at radius 3 is 2.65 bits per heavy atom. The molecule has 0 aliphatic carbocycles. The zero-order valence-corrected chi connectivity index (χ0v) is 11.2. The second-order valence-electron chi connectivity index (χ2n) is 4.92. The maximum atomic E-state index is 11.8. The summed E-state index contributed by atoms with van der Waals surface area (Å²) >= 11 is 0. The molecule has 1 heterocycles. The highest BCUT2D eigenvalue weighted by Crippen LogP contribution is 2.26. The minimum atomic E-state index is -0.901. The minimum Gasteiger partial charge on any atom is -0.481 e. The molecule has 0 bridgehead atoms. The predicted octanol–water partition coefficient (Wildman–Crippen LogP) is 1.22. The van der Waals surface area contributed by atoms with Crippen LogP contribution in [-0.4, -0.2) is 22.7 Å². The van der Waals surface area contributed by atoms with Gasteiger partial charge in [0.05, 0.1) is 5.71 Å². The lowest BCUT2D eigenvalue weighted by molar-refractivity contribution is -0.137. The van der Waals surface area contributed by atoms with Crippen LogP contribution in [0.15, 0.2) is 29.4 Å². The van der Waals surface area contributed by atoms with Gasteiger partial charge in [0, 0.05) is 23.9 Å². The number of benzene rings is 1. The molecule has 1 amide bonds. The summed E-state index contributed by atoms with van der Waals surface area (Å²) in [5.41, 5.74) is 10.4. The molecule has 0 saturated carbocycles. The average molecular weight is 275 g/mol. The van der Waals surface area contributed by atoms with E-state index in [4.69, 9.17) is 10.8 Å². The van der Waals surface area contributed by atoms with E-state index >= 15 is 0 Å². The highest BCUT2D eigenvalue weighted by molar-refractivity contribution is 6.06. The Balaban J connectivity index is 2.20. The summed E-state index contributed by atoms with van der Waals surface area (Å²) in [7, 11) is 0. The van der Waals surface area contributed by atoms with Crippen LogP contribution in [0.2, 0.25) is 0 Å². The first-order chi connectivity index (χ1) is 9.49. The molecule has 0 radical (unpaired) electrons. The number of nitrogens with two attached hydrogens (primary N) is 1. The second-order valence-corrected chi connectivity index (χ2v) is 4.92. The van der Waals surface area contributed by atoms with Crippen LogP contribution in [0.25, 0.3) is 0 Å². The maximum absolute atomic E-state index is 11.8. The number of anilines is 1. The third kappa shape index (κ3) is 2.96. The molecule has 2 atom stereocenters. The predicted molar refractivity (Wildman–Crippen MR) is 75.1 cm³/mol. The van der Waals surface area contributed by atoms with E-state index < -0.39 is 5.97 Å². The zero-order chi connectivity index (χ0) is 14.7. The lowest BCUT2D eigenvalue weighted by Gasteiger charge is -2.27. The number of nitrogens with zero attached hydrogens (tertiary/aromatic N) is 1. The lowest BCUT2D eigenvalue weighted by atomic mass is 9.82. The fraction of sp³-hybridized carbons (Fsp3) is 0.357. The average Bonchev–Trinajstić information content (AvgIpc) is 2.40. The quantitative estimate of drug-likeness (QED) is 0.718. The van der Waals surface area contributed by atoms with Gasteiger partial charge in [-0.15, -0.1) is 0 Å². The number of hydrogen-bond donors (Lipinski definition) is 3. The molecular formula is C14H17N3O3. The van der Waals surface area contributed by atoms with E-state index in [1.54, 1.807) is 12.1 Å². The molecule has 4 N–H and O–H groups in total. The molecule has 0 aromatic heterocycles. The van der Waals surface area contributed by atoms with Crippen LogP contribution < -0.4 is 11.2 Å². The minimum absolute atomic E-state index is 0.0303. The number of aliphatic carboxylic acids is 1. The van der Waals surface area contributed by atoms with Crippen molar-refractivity contribution in [3.63, 3.8) is 0 Å². The van der Waals surface area contributed by atoms with Gasteiger partial charge in [0.1, 0.15) is 0 Å². The van der Waals surface area contributed by atoms with Crippen LogP contribution in [0, 0.1) is 11.8 Å². The number of rotatable bonds is 4. The number of carbonyl (C=O) groups is 2. The van der Waals surface area contributed by atoms with E-state index in [9.17, 15) is 9.59 Å². The van der Waals surface area contributed by atoms with Gasteiger partial charge in [-0.1, -0.05) is 19.1 Å². The van der Waals surface area contributed by atoms with Crippen LogP contribution in [0.5, 0.6) is 0 Å². The molecule has 2 unspecified atom stereocenters. The highest BCUT2D eigenvalue weighted by Gasteiger charge is 2.33. The number of nitrogens with one attached hydrogen (secondary N) is 1. The number of carboxylic acids is 1. The van der Waals surface area contributed by atoms with Crippen molar-refractivity contribution in [2.75, 3.05) is 5.73 Å². The summed E-state index contributed by atoms with van der Waals surface area (Å²) in [6.45, 7) is 1.89. The van der Waals surface area contributed by atoms with Crippen LogP contribution in [-0.2, 0) is 9.59 Å². The lowest BCUT2D eigenvalue weighted by Crippen LogP contribution is -2.41. The maximum Gasteiger partial charge on any atom is 0.303 e. The fourth-order valence-electron chi connectivity index (χ4n) is 2.36. The van der Waals surface area contributed by atoms with E-state index in [-0.39, 0.29) is 24.2 Å². The smallest absolute Gasteiger partial charge is 0.303 e. The normalized spacial score (nSPS) is 22.1. The van der Waals surface area contributed by atoms with Gasteiger partial charge >= 0.3 is 5.97 Å². The summed E-state index contributed by atoms with van der Waals surface area (Å²) in [5.74, 6) is -1.64. The van der Waals surface area contributed by atoms with Crippen molar-refractivity contribution < 1.29 is 14.7 Å². The first kappa shape index (κ1) is 14.0. The number of nitrogen functional groups attached to an aromatic ring is 1. The first-order valence-corrected chi connectivity index (χ1v) is 6.44. The van der Waals surface area contributed by atoms with Gasteiger partial charge in [-0.25, -0.2) is 5.43 Å². The molecule has 0 fully saturated rings. The molecule has 1 aromatic rings. The van der Waals surface area contributed by atoms with Gasteiger partial charge < -0.3 is 10.8 Å². The third-order valence-corrected chi connectivity index (χ3v) is 3.53. The molecule has 20 heavy (non-hydrogen) atoms. The molecule has 6 heteroatoms. The molecule has 0 saturated heterocycles. The summed E-state index contributed by atoms with van der Waals surface area (Å²) in [4.78, 5) is 22.5. The summed E-state index contributed by atoms with van der Waals surface area (Å²) in [5, 5.41) is 12.9. The van der Waals surface area contributed by atoms with E-state index in [0.717, 1.165) is 11.3 Å². The van der Waals surface area contributed by atoms with Gasteiger partial charge in [-0.05, 0) is 24.1 Å². The number of hydrazone groups is 1. The molecular weight excluding hydrogens is 258 g/mol. The third-order valence-electron chi connectivity index (χ3n) is 3.53. The van der Waals surface area contributed by atoms with E-state index in [1.807, 2.05) is 19.1 Å². The topological polar surface area (TPSA) is 105 Å². The molecule has 2 rings (SSSR count). The van der Waals surface area contributed by atoms with Crippen molar-refractivity contribution in [2.24, 2.45) is 16.9 Å². The van der Waals surface area contributed by atoms with Crippen molar-refractivity contribution in [3.05, 3.63) is 29.8 Å². The summed E-state index contributed by atoms with van der Waals surface area (Å²) in [6.07, 6.45) is 0.272. The van der Waals surface area contributed by atoms with Crippen LogP contribution in [0.4, 0.5) is 5.69 Å². The molecule has 1 aliphatic rings. The van der Waals surface area contributed by atoms with Gasteiger partial charge in [-0.3, -0.25) is 9.59 Å². The molecule has 106 valence electrons. The van der Waals surface area contributed by atoms with Crippen LogP contribution in [0.3, 0.4) is 0 Å². The standard InChI is InChI=1S/C14H17N3O3/c1-8-11(6-7-12(18)19)14(20)17-16-13(8)9-2-4-10(15)5-3-9/h2-5,8,11H,6-7,15H2,1H3,(H,17,20)(H,18,19). The largest absolute Gasteiger partial charge is 0.481 e. The van der Waals surface area contributed by atoms with Crippen molar-refractivity contribution in [3.8, 4) is 0 Å². The Bertz CT molecular complexity index is 551. The van der Waals surface area contributed by atoms with Crippen molar-refractivity contribution in [1.82, 2.24) is 5.43 Å². The van der Waals surface area contributed by atoms with Crippen molar-refractivity contribution in [2.45, 2.75) is 19.8 Å². The van der Waals surface area contributed by atoms with Crippen LogP contribution in [0.1, 0.15) is 25.3 Å². The number of amides is 1. The van der Waals surface area contributed by atoms with Gasteiger partial charge in [0.2, 0.25) is 5.91 Å². The monoisotopic (exact) mass is 275 g/mol. The Labute approximate surface area is 116 Å². The first-order valence-electron chi connectivity index (χ1n) is 6.44. The SMILES string of the molecule is CC1C(c2ccc(N)cc2)=NNC(=O)C1CCC(=O)O. The van der Waals surface area contributed by atoms with E-state index in [0.29, 0.717) is 12.1 Å². The number of hydrogen-bond acceptors (Lipinski definition) is 4. The van der Waals surface area contributed by atoms with Crippen LogP contribution >= 0.6 is 0 Å². The molecule has 1 aromatic carbocycles. The van der Waals surface area contributed by atoms with Crippen molar-refractivity contribution in [1.29, 1.82) is 0 Å². The van der Waals surface area contributed by atoms with E-state index in [1.165, 1.54) is 0 Å². The summed E-state index contributed by atoms with van der Waals surface area (Å²) < 4.78 is 0. The molecule has 6 nitrogen and oxygen atoms in total. The van der Waals surface area contributed by atoms with Gasteiger partial charge in [0.15, 0.2) is 0 Å².